The van der Waals surface area contributed by atoms with Crippen molar-refractivity contribution in [3.63, 3.8) is 0 Å². The molecule has 0 bridgehead atoms. The van der Waals surface area contributed by atoms with Crippen LogP contribution in [0.2, 0.25) is 0 Å². The lowest BCUT2D eigenvalue weighted by molar-refractivity contribution is -0.119. The van der Waals surface area contributed by atoms with Crippen molar-refractivity contribution in [2.75, 3.05) is 0 Å². The zero-order valence-electron chi connectivity index (χ0n) is 9.08. The number of benzene rings is 1. The highest BCUT2D eigenvalue weighted by Gasteiger charge is 2.15. The number of carbonyl (C=O) groups is 2. The Kier molecular flexibility index (Phi) is 3.60. The fourth-order valence-electron chi connectivity index (χ4n) is 1.23. The first-order valence-electron chi connectivity index (χ1n) is 4.78. The number of nitrogens with one attached hydrogen (secondary N) is 1. The third-order valence-electron chi connectivity index (χ3n) is 2.21. The van der Waals surface area contributed by atoms with E-state index in [9.17, 15) is 14.0 Å². The second-order valence-corrected chi connectivity index (χ2v) is 3.56. The van der Waals surface area contributed by atoms with E-state index < -0.39 is 23.7 Å². The highest BCUT2D eigenvalue weighted by atomic mass is 19.1. The summed E-state index contributed by atoms with van der Waals surface area (Å²) in [6, 6.07) is 3.06. The normalized spacial score (nSPS) is 11.9. The van der Waals surface area contributed by atoms with Gasteiger partial charge in [-0.1, -0.05) is 0 Å². The van der Waals surface area contributed by atoms with Crippen molar-refractivity contribution >= 4 is 11.8 Å². The maximum absolute atomic E-state index is 12.8. The van der Waals surface area contributed by atoms with Crippen LogP contribution in [0.5, 0.6) is 0 Å². The topological polar surface area (TPSA) is 72.2 Å². The summed E-state index contributed by atoms with van der Waals surface area (Å²) in [5, 5.41) is 2.42. The van der Waals surface area contributed by atoms with E-state index in [4.69, 9.17) is 5.73 Å². The van der Waals surface area contributed by atoms with Gasteiger partial charge in [0.05, 0.1) is 0 Å². The van der Waals surface area contributed by atoms with Crippen LogP contribution in [-0.4, -0.2) is 17.9 Å². The smallest absolute Gasteiger partial charge is 0.252 e. The molecule has 86 valence electrons. The molecule has 0 radical (unpaired) electrons. The zero-order valence-corrected chi connectivity index (χ0v) is 9.08. The summed E-state index contributed by atoms with van der Waals surface area (Å²) in [5.74, 6) is -1.46. The molecule has 0 fully saturated rings. The van der Waals surface area contributed by atoms with Crippen molar-refractivity contribution in [2.24, 2.45) is 5.73 Å². The molecule has 1 aromatic carbocycles. The van der Waals surface area contributed by atoms with Crippen LogP contribution in [0.4, 0.5) is 4.39 Å². The first-order chi connectivity index (χ1) is 7.41. The van der Waals surface area contributed by atoms with E-state index in [1.165, 1.54) is 25.1 Å². The predicted octanol–water partition coefficient (Wildman–Crippen LogP) is 0.738. The monoisotopic (exact) mass is 224 g/mol. The van der Waals surface area contributed by atoms with E-state index in [0.717, 1.165) is 0 Å². The molecule has 0 aliphatic carbocycles. The summed E-state index contributed by atoms with van der Waals surface area (Å²) in [7, 11) is 0. The van der Waals surface area contributed by atoms with Crippen molar-refractivity contribution in [1.82, 2.24) is 5.32 Å². The number of carbonyl (C=O) groups excluding carboxylic acids is 2. The van der Waals surface area contributed by atoms with Gasteiger partial charge in [0.25, 0.3) is 5.91 Å². The summed E-state index contributed by atoms with van der Waals surface area (Å²) in [4.78, 5) is 22.4. The van der Waals surface area contributed by atoms with E-state index in [1.807, 2.05) is 0 Å². The minimum atomic E-state index is -0.753. The molecule has 1 atom stereocenters. The highest BCUT2D eigenvalue weighted by Crippen LogP contribution is 2.10. The summed E-state index contributed by atoms with van der Waals surface area (Å²) in [5.41, 5.74) is 5.85. The SMILES string of the molecule is Cc1cc(F)ccc1C(=O)NC(C)C(N)=O. The molecule has 0 aliphatic rings. The average molecular weight is 224 g/mol. The van der Waals surface area contributed by atoms with Crippen molar-refractivity contribution < 1.29 is 14.0 Å². The maximum atomic E-state index is 12.8. The van der Waals surface area contributed by atoms with Gasteiger partial charge in [0.1, 0.15) is 11.9 Å². The van der Waals surface area contributed by atoms with Gasteiger partial charge in [-0.25, -0.2) is 4.39 Å². The molecule has 3 N–H and O–H groups in total. The lowest BCUT2D eigenvalue weighted by atomic mass is 10.1. The molecule has 1 rings (SSSR count). The van der Waals surface area contributed by atoms with E-state index >= 15 is 0 Å². The van der Waals surface area contributed by atoms with Crippen LogP contribution in [0.25, 0.3) is 0 Å². The third kappa shape index (κ3) is 2.79. The van der Waals surface area contributed by atoms with E-state index in [-0.39, 0.29) is 0 Å². The fraction of sp³-hybridized carbons (Fsp3) is 0.273. The number of primary amides is 1. The van der Waals surface area contributed by atoms with Crippen molar-refractivity contribution in [1.29, 1.82) is 0 Å². The first kappa shape index (κ1) is 12.2. The van der Waals surface area contributed by atoms with Gasteiger partial charge in [-0.05, 0) is 37.6 Å². The van der Waals surface area contributed by atoms with Gasteiger partial charge in [-0.2, -0.15) is 0 Å². The van der Waals surface area contributed by atoms with E-state index in [2.05, 4.69) is 5.32 Å². The number of halogens is 1. The maximum Gasteiger partial charge on any atom is 0.252 e. The average Bonchev–Trinajstić information content (AvgIpc) is 2.16. The molecule has 4 nitrogen and oxygen atoms in total. The molecule has 1 aromatic rings. The molecule has 0 aliphatic heterocycles. The van der Waals surface area contributed by atoms with Gasteiger partial charge in [0.2, 0.25) is 5.91 Å². The number of rotatable bonds is 3. The van der Waals surface area contributed by atoms with E-state index in [1.54, 1.807) is 6.92 Å². The number of nitrogens with two attached hydrogens (primary N) is 1. The minimum Gasteiger partial charge on any atom is -0.368 e. The zero-order chi connectivity index (χ0) is 12.3. The molecule has 5 heteroatoms. The van der Waals surface area contributed by atoms with Crippen LogP contribution in [0.3, 0.4) is 0 Å². The highest BCUT2D eigenvalue weighted by molar-refractivity contribution is 5.98. The Morgan fingerprint density at radius 3 is 2.56 bits per heavy atom. The van der Waals surface area contributed by atoms with Crippen LogP contribution in [0.15, 0.2) is 18.2 Å². The molecule has 16 heavy (non-hydrogen) atoms. The minimum absolute atomic E-state index is 0.328. The van der Waals surface area contributed by atoms with Gasteiger partial charge in [-0.15, -0.1) is 0 Å². The van der Waals surface area contributed by atoms with Crippen LogP contribution in [0, 0.1) is 12.7 Å². The summed E-state index contributed by atoms with van der Waals surface area (Å²) >= 11 is 0. The Morgan fingerprint density at radius 2 is 2.06 bits per heavy atom. The molecule has 0 saturated heterocycles. The van der Waals surface area contributed by atoms with Gasteiger partial charge in [0, 0.05) is 5.56 Å². The number of hydrogen-bond acceptors (Lipinski definition) is 2. The second-order valence-electron chi connectivity index (χ2n) is 3.56. The Balaban J connectivity index is 2.85. The summed E-state index contributed by atoms with van der Waals surface area (Å²) in [6.07, 6.45) is 0. The van der Waals surface area contributed by atoms with Crippen LogP contribution in [0.1, 0.15) is 22.8 Å². The van der Waals surface area contributed by atoms with Crippen molar-refractivity contribution in [3.8, 4) is 0 Å². The fourth-order valence-corrected chi connectivity index (χ4v) is 1.23. The standard InChI is InChI=1S/C11H13FN2O2/c1-6-5-8(12)3-4-9(6)11(16)14-7(2)10(13)15/h3-5,7H,1-2H3,(H2,13,15)(H,14,16). The first-order valence-corrected chi connectivity index (χ1v) is 4.78. The Bertz CT molecular complexity index is 432. The third-order valence-corrected chi connectivity index (χ3v) is 2.21. The number of amides is 2. The quantitative estimate of drug-likeness (QED) is 0.794. The lowest BCUT2D eigenvalue weighted by Crippen LogP contribution is -2.42. The van der Waals surface area contributed by atoms with Crippen molar-refractivity contribution in [3.05, 3.63) is 35.1 Å². The van der Waals surface area contributed by atoms with Crippen LogP contribution >= 0.6 is 0 Å². The summed E-state index contributed by atoms with van der Waals surface area (Å²) < 4.78 is 12.8. The van der Waals surface area contributed by atoms with Crippen molar-refractivity contribution in [2.45, 2.75) is 19.9 Å². The Labute approximate surface area is 92.6 Å². The van der Waals surface area contributed by atoms with Gasteiger partial charge in [0.15, 0.2) is 0 Å². The summed E-state index contributed by atoms with van der Waals surface area (Å²) in [6.45, 7) is 3.10. The molecule has 0 aromatic heterocycles. The van der Waals surface area contributed by atoms with Crippen LogP contribution < -0.4 is 11.1 Å². The molecular formula is C11H13FN2O2. The Hall–Kier alpha value is -1.91. The molecule has 2 amide bonds. The largest absolute Gasteiger partial charge is 0.368 e. The van der Waals surface area contributed by atoms with Crippen LogP contribution in [-0.2, 0) is 4.79 Å². The molecular weight excluding hydrogens is 211 g/mol. The molecule has 1 unspecified atom stereocenters. The molecule has 0 spiro atoms. The predicted molar refractivity (Wildman–Crippen MR) is 57.3 cm³/mol. The van der Waals surface area contributed by atoms with Gasteiger partial charge in [-0.3, -0.25) is 9.59 Å². The van der Waals surface area contributed by atoms with Gasteiger partial charge < -0.3 is 11.1 Å². The lowest BCUT2D eigenvalue weighted by Gasteiger charge is -2.11. The molecule has 0 saturated carbocycles. The number of hydrogen-bond donors (Lipinski definition) is 2. The Morgan fingerprint density at radius 1 is 1.44 bits per heavy atom. The van der Waals surface area contributed by atoms with E-state index in [0.29, 0.717) is 11.1 Å². The number of aryl methyl sites for hydroxylation is 1. The molecule has 0 heterocycles. The second kappa shape index (κ2) is 4.74. The van der Waals surface area contributed by atoms with Gasteiger partial charge >= 0.3 is 0 Å².